The number of ether oxygens (including phenoxy) is 2. The fraction of sp³-hybridized carbons (Fsp3) is 0.296. The lowest BCUT2D eigenvalue weighted by Crippen LogP contribution is -2.15. The number of hydrogen-bond donors (Lipinski definition) is 2. The summed E-state index contributed by atoms with van der Waals surface area (Å²) in [6.45, 7) is 2.34. The van der Waals surface area contributed by atoms with Gasteiger partial charge in [-0.05, 0) is 69.0 Å². The highest BCUT2D eigenvalue weighted by Gasteiger charge is 2.31. The van der Waals surface area contributed by atoms with Gasteiger partial charge in [-0.1, -0.05) is 0 Å². The Hall–Kier alpha value is -3.71. The number of fused-ring (bicyclic) bond motifs is 10. The number of nitrogens with zero attached hydrogens (tertiary/aromatic N) is 2. The van der Waals surface area contributed by atoms with Crippen LogP contribution in [0.1, 0.15) is 22.3 Å². The highest BCUT2D eigenvalue weighted by Crippen LogP contribution is 2.44. The lowest BCUT2D eigenvalue weighted by molar-refractivity contribution is 0.0967. The molecule has 7 nitrogen and oxygen atoms in total. The summed E-state index contributed by atoms with van der Waals surface area (Å²) in [5.41, 5.74) is 6.10. The molecule has 1 aliphatic heterocycles. The first-order chi connectivity index (χ1) is 16.5. The molecule has 0 atom stereocenters. The minimum Gasteiger partial charge on any atom is -0.497 e. The smallest absolute Gasteiger partial charge is 0.252 e. The molecule has 5 aromatic rings. The molecule has 1 aliphatic rings. The molecule has 34 heavy (non-hydrogen) atoms. The van der Waals surface area contributed by atoms with E-state index in [1.165, 1.54) is 0 Å². The summed E-state index contributed by atoms with van der Waals surface area (Å²) >= 11 is 0. The first kappa shape index (κ1) is 20.9. The third kappa shape index (κ3) is 2.90. The van der Waals surface area contributed by atoms with Gasteiger partial charge in [0, 0.05) is 45.7 Å². The van der Waals surface area contributed by atoms with Crippen LogP contribution in [0.2, 0.25) is 0 Å². The van der Waals surface area contributed by atoms with Crippen molar-refractivity contribution < 1.29 is 14.3 Å². The average molecular weight is 457 g/mol. The van der Waals surface area contributed by atoms with Gasteiger partial charge in [0.1, 0.15) is 11.5 Å². The van der Waals surface area contributed by atoms with Crippen LogP contribution in [-0.4, -0.2) is 55.2 Å². The van der Waals surface area contributed by atoms with Gasteiger partial charge >= 0.3 is 0 Å². The Morgan fingerprint density at radius 1 is 1.00 bits per heavy atom. The number of aryl methyl sites for hydroxylation is 1. The first-order valence-corrected chi connectivity index (χ1v) is 11.6. The van der Waals surface area contributed by atoms with Gasteiger partial charge in [0.05, 0.1) is 30.8 Å². The summed E-state index contributed by atoms with van der Waals surface area (Å²) in [7, 11) is 7.55. The summed E-state index contributed by atoms with van der Waals surface area (Å²) in [6.07, 6.45) is 0.997. The van der Waals surface area contributed by atoms with Gasteiger partial charge in [-0.15, -0.1) is 0 Å². The molecule has 1 amide bonds. The zero-order valence-corrected chi connectivity index (χ0v) is 19.9. The molecule has 3 aromatic carbocycles. The van der Waals surface area contributed by atoms with E-state index in [4.69, 9.17) is 9.47 Å². The standard InChI is InChI=1S/C27H28N4O3/c1-30(2)10-5-11-31-21-9-7-16(34-4)13-18(21)23-24-19(14-28-27(24)32)22-17-12-15(33-3)6-8-20(17)29-25(22)26(23)31/h6-9,12-13,29H,5,10-11,14H2,1-4H3,(H,28,32). The summed E-state index contributed by atoms with van der Waals surface area (Å²) in [6, 6.07) is 12.3. The molecule has 0 bridgehead atoms. The van der Waals surface area contributed by atoms with E-state index in [2.05, 4.69) is 58.1 Å². The van der Waals surface area contributed by atoms with Gasteiger partial charge in [-0.2, -0.15) is 0 Å². The van der Waals surface area contributed by atoms with E-state index in [-0.39, 0.29) is 5.91 Å². The third-order valence-corrected chi connectivity index (χ3v) is 7.01. The number of H-pyrrole nitrogens is 1. The molecule has 0 radical (unpaired) electrons. The van der Waals surface area contributed by atoms with Crippen LogP contribution in [0.15, 0.2) is 36.4 Å². The van der Waals surface area contributed by atoms with E-state index in [1.807, 2.05) is 12.1 Å². The van der Waals surface area contributed by atoms with Gasteiger partial charge in [0.15, 0.2) is 0 Å². The quantitative estimate of drug-likeness (QED) is 0.390. The number of carbonyl (C=O) groups excluding carboxylic acids is 1. The molecule has 3 heterocycles. The number of methoxy groups -OCH3 is 2. The molecule has 7 heteroatoms. The van der Waals surface area contributed by atoms with Gasteiger partial charge < -0.3 is 29.2 Å². The molecule has 0 unspecified atom stereocenters. The van der Waals surface area contributed by atoms with E-state index in [1.54, 1.807) is 14.2 Å². The largest absolute Gasteiger partial charge is 0.497 e. The van der Waals surface area contributed by atoms with Crippen LogP contribution in [0, 0.1) is 0 Å². The molecule has 0 saturated carbocycles. The van der Waals surface area contributed by atoms with Crippen molar-refractivity contribution in [2.24, 2.45) is 0 Å². The molecule has 0 fully saturated rings. The van der Waals surface area contributed by atoms with Crippen LogP contribution in [0.5, 0.6) is 11.5 Å². The molecule has 2 aromatic heterocycles. The number of rotatable bonds is 6. The van der Waals surface area contributed by atoms with E-state index < -0.39 is 0 Å². The topological polar surface area (TPSA) is 71.5 Å². The Balaban J connectivity index is 1.80. The van der Waals surface area contributed by atoms with E-state index in [0.29, 0.717) is 6.54 Å². The summed E-state index contributed by atoms with van der Waals surface area (Å²) < 4.78 is 13.5. The maximum atomic E-state index is 13.2. The highest BCUT2D eigenvalue weighted by molar-refractivity contribution is 6.30. The number of benzene rings is 3. The van der Waals surface area contributed by atoms with Crippen molar-refractivity contribution in [3.05, 3.63) is 47.5 Å². The normalized spacial score (nSPS) is 13.5. The molecular weight excluding hydrogens is 428 g/mol. The van der Waals surface area contributed by atoms with Crippen molar-refractivity contribution in [1.29, 1.82) is 0 Å². The number of hydrogen-bond acceptors (Lipinski definition) is 4. The van der Waals surface area contributed by atoms with Gasteiger partial charge in [0.2, 0.25) is 0 Å². The van der Waals surface area contributed by atoms with Crippen LogP contribution < -0.4 is 14.8 Å². The Labute approximate surface area is 197 Å². The Morgan fingerprint density at radius 3 is 2.47 bits per heavy atom. The monoisotopic (exact) mass is 456 g/mol. The number of amides is 1. The summed E-state index contributed by atoms with van der Waals surface area (Å²) in [4.78, 5) is 19.1. The number of carbonyl (C=O) groups is 1. The number of nitrogens with one attached hydrogen (secondary N) is 2. The summed E-state index contributed by atoms with van der Waals surface area (Å²) in [5, 5.41) is 7.30. The average Bonchev–Trinajstić information content (AvgIpc) is 3.49. The molecule has 2 N–H and O–H groups in total. The van der Waals surface area contributed by atoms with Crippen molar-refractivity contribution in [3.8, 4) is 11.5 Å². The zero-order valence-electron chi connectivity index (χ0n) is 19.9. The maximum Gasteiger partial charge on any atom is 0.252 e. The lowest BCUT2D eigenvalue weighted by Gasteiger charge is -2.13. The van der Waals surface area contributed by atoms with Gasteiger partial charge in [0.25, 0.3) is 5.91 Å². The van der Waals surface area contributed by atoms with Crippen molar-refractivity contribution in [2.45, 2.75) is 19.5 Å². The van der Waals surface area contributed by atoms with Crippen LogP contribution in [0.3, 0.4) is 0 Å². The van der Waals surface area contributed by atoms with Crippen molar-refractivity contribution in [2.75, 3.05) is 34.9 Å². The van der Waals surface area contributed by atoms with E-state index in [0.717, 1.165) is 85.7 Å². The molecule has 174 valence electrons. The summed E-state index contributed by atoms with van der Waals surface area (Å²) in [5.74, 6) is 1.57. The minimum atomic E-state index is -0.0192. The fourth-order valence-electron chi connectivity index (χ4n) is 5.50. The van der Waals surface area contributed by atoms with Crippen molar-refractivity contribution in [1.82, 2.24) is 19.8 Å². The second-order valence-corrected chi connectivity index (χ2v) is 9.24. The van der Waals surface area contributed by atoms with E-state index >= 15 is 0 Å². The number of aromatic nitrogens is 2. The molecule has 0 saturated heterocycles. The first-order valence-electron chi connectivity index (χ1n) is 11.6. The van der Waals surface area contributed by atoms with Crippen LogP contribution in [0.4, 0.5) is 0 Å². The molecule has 0 aliphatic carbocycles. The lowest BCUT2D eigenvalue weighted by atomic mass is 9.97. The van der Waals surface area contributed by atoms with Crippen molar-refractivity contribution >= 4 is 49.5 Å². The second-order valence-electron chi connectivity index (χ2n) is 9.24. The Morgan fingerprint density at radius 2 is 1.74 bits per heavy atom. The third-order valence-electron chi connectivity index (χ3n) is 7.01. The van der Waals surface area contributed by atoms with Crippen LogP contribution in [0.25, 0.3) is 43.6 Å². The SMILES string of the molecule is COc1ccc2[nH]c3c(c4c(c5c6cc(OC)ccc6n(CCCN(C)C)c35)C(=O)NC4)c2c1. The van der Waals surface area contributed by atoms with Crippen molar-refractivity contribution in [3.63, 3.8) is 0 Å². The molecular formula is C27H28N4O3. The number of aromatic amines is 1. The predicted octanol–water partition coefficient (Wildman–Crippen LogP) is 4.64. The van der Waals surface area contributed by atoms with Crippen LogP contribution in [-0.2, 0) is 13.1 Å². The van der Waals surface area contributed by atoms with Gasteiger partial charge in [-0.3, -0.25) is 4.79 Å². The Kier molecular flexibility index (Phi) is 4.71. The van der Waals surface area contributed by atoms with E-state index in [9.17, 15) is 4.79 Å². The predicted molar refractivity (Wildman–Crippen MR) is 136 cm³/mol. The zero-order chi connectivity index (χ0) is 23.6. The molecule has 0 spiro atoms. The van der Waals surface area contributed by atoms with Gasteiger partial charge in [-0.25, -0.2) is 0 Å². The Bertz CT molecular complexity index is 1610. The molecule has 6 rings (SSSR count). The minimum absolute atomic E-state index is 0.0192. The second kappa shape index (κ2) is 7.67. The highest BCUT2D eigenvalue weighted by atomic mass is 16.5. The van der Waals surface area contributed by atoms with Crippen LogP contribution >= 0.6 is 0 Å². The fourth-order valence-corrected chi connectivity index (χ4v) is 5.50. The maximum absolute atomic E-state index is 13.2.